The predicted molar refractivity (Wildman–Crippen MR) is 63.2 cm³/mol. The first-order valence-electron chi connectivity index (χ1n) is 5.05. The van der Waals surface area contributed by atoms with Crippen LogP contribution in [0.25, 0.3) is 17.0 Å². The molecule has 0 bridgehead atoms. The number of carboxylic acid groups (broad SMARTS) is 1. The zero-order valence-electron chi connectivity index (χ0n) is 9.14. The number of aromatic nitrogens is 1. The molecule has 1 heterocycles. The second kappa shape index (κ2) is 4.33. The summed E-state index contributed by atoms with van der Waals surface area (Å²) in [5, 5.41) is 9.26. The smallest absolute Gasteiger partial charge is 0.364 e. The molecular weight excluding hydrogens is 221 g/mol. The Morgan fingerprint density at radius 1 is 1.41 bits per heavy atom. The van der Waals surface area contributed by atoms with Crippen molar-refractivity contribution in [1.82, 2.24) is 4.98 Å². The molecule has 86 valence electrons. The van der Waals surface area contributed by atoms with Crippen LogP contribution in [0.5, 0.6) is 0 Å². The predicted octanol–water partition coefficient (Wildman–Crippen LogP) is 2.94. The summed E-state index contributed by atoms with van der Waals surface area (Å²) in [6.07, 6.45) is 1.01. The minimum atomic E-state index is -1.57. The highest BCUT2D eigenvalue weighted by molar-refractivity contribution is 5.95. The van der Waals surface area contributed by atoms with E-state index >= 15 is 0 Å². The minimum absolute atomic E-state index is 0.521. The van der Waals surface area contributed by atoms with E-state index in [9.17, 15) is 9.18 Å². The molecule has 0 fully saturated rings. The number of carbonyl (C=O) groups is 1. The molecule has 2 rings (SSSR count). The number of benzene rings is 1. The number of nitrogens with zero attached hydrogens (tertiary/aromatic N) is 1. The van der Waals surface area contributed by atoms with Gasteiger partial charge in [-0.05, 0) is 30.7 Å². The van der Waals surface area contributed by atoms with Gasteiger partial charge < -0.3 is 5.11 Å². The van der Waals surface area contributed by atoms with Crippen LogP contribution in [0.3, 0.4) is 0 Å². The standard InChI is InChI=1S/C13H10FNO2/c1-8-6-9(7-11(14)13(16)17)10-4-2-3-5-12(10)15-8/h2-7H,1H3,(H,16,17). The largest absolute Gasteiger partial charge is 0.476 e. The van der Waals surface area contributed by atoms with Gasteiger partial charge in [0.15, 0.2) is 0 Å². The summed E-state index contributed by atoms with van der Waals surface area (Å²) in [4.78, 5) is 14.8. The molecule has 0 unspecified atom stereocenters. The molecule has 1 aromatic carbocycles. The Labute approximate surface area is 97.2 Å². The van der Waals surface area contributed by atoms with Crippen LogP contribution in [0.4, 0.5) is 4.39 Å². The van der Waals surface area contributed by atoms with E-state index in [0.717, 1.165) is 17.0 Å². The van der Waals surface area contributed by atoms with E-state index in [0.29, 0.717) is 11.3 Å². The maximum atomic E-state index is 13.1. The fourth-order valence-corrected chi connectivity index (χ4v) is 1.66. The Balaban J connectivity index is 2.68. The maximum absolute atomic E-state index is 13.1. The van der Waals surface area contributed by atoms with Gasteiger partial charge in [-0.3, -0.25) is 4.98 Å². The topological polar surface area (TPSA) is 50.2 Å². The lowest BCUT2D eigenvalue weighted by Gasteiger charge is -2.03. The number of carboxylic acids is 1. The van der Waals surface area contributed by atoms with Gasteiger partial charge in [0.1, 0.15) is 0 Å². The van der Waals surface area contributed by atoms with Gasteiger partial charge in [0.25, 0.3) is 0 Å². The van der Waals surface area contributed by atoms with Crippen LogP contribution in [-0.2, 0) is 4.79 Å². The summed E-state index contributed by atoms with van der Waals surface area (Å²) in [7, 11) is 0. The van der Waals surface area contributed by atoms with Crippen LogP contribution < -0.4 is 0 Å². The van der Waals surface area contributed by atoms with Gasteiger partial charge in [-0.25, -0.2) is 4.79 Å². The highest BCUT2D eigenvalue weighted by Gasteiger charge is 2.08. The molecular formula is C13H10FNO2. The van der Waals surface area contributed by atoms with E-state index in [2.05, 4.69) is 4.98 Å². The second-order valence-corrected chi connectivity index (χ2v) is 3.67. The van der Waals surface area contributed by atoms with Gasteiger partial charge in [0.2, 0.25) is 5.83 Å². The zero-order chi connectivity index (χ0) is 12.4. The Morgan fingerprint density at radius 3 is 2.82 bits per heavy atom. The number of hydrogen-bond acceptors (Lipinski definition) is 2. The van der Waals surface area contributed by atoms with Crippen molar-refractivity contribution in [1.29, 1.82) is 0 Å². The fraction of sp³-hybridized carbons (Fsp3) is 0.0769. The average Bonchev–Trinajstić information content (AvgIpc) is 2.28. The van der Waals surface area contributed by atoms with Crippen LogP contribution in [0.1, 0.15) is 11.3 Å². The lowest BCUT2D eigenvalue weighted by Crippen LogP contribution is -1.95. The molecule has 0 aliphatic heterocycles. The molecule has 0 aliphatic rings. The number of aliphatic carboxylic acids is 1. The molecule has 4 heteroatoms. The lowest BCUT2D eigenvalue weighted by molar-refractivity contribution is -0.134. The number of aryl methyl sites for hydroxylation is 1. The van der Waals surface area contributed by atoms with Crippen molar-refractivity contribution in [2.75, 3.05) is 0 Å². The molecule has 0 saturated carbocycles. The number of hydrogen-bond donors (Lipinski definition) is 1. The van der Waals surface area contributed by atoms with Gasteiger partial charge in [-0.1, -0.05) is 18.2 Å². The van der Waals surface area contributed by atoms with Gasteiger partial charge in [-0.15, -0.1) is 0 Å². The number of halogens is 1. The van der Waals surface area contributed by atoms with Gasteiger partial charge in [0, 0.05) is 11.1 Å². The van der Waals surface area contributed by atoms with Crippen molar-refractivity contribution in [2.45, 2.75) is 6.92 Å². The van der Waals surface area contributed by atoms with Crippen molar-refractivity contribution in [3.63, 3.8) is 0 Å². The molecule has 0 atom stereocenters. The molecule has 17 heavy (non-hydrogen) atoms. The Hall–Kier alpha value is -2.23. The highest BCUT2D eigenvalue weighted by Crippen LogP contribution is 2.21. The summed E-state index contributed by atoms with van der Waals surface area (Å²) >= 11 is 0. The van der Waals surface area contributed by atoms with Gasteiger partial charge in [-0.2, -0.15) is 4.39 Å². The van der Waals surface area contributed by atoms with Crippen molar-refractivity contribution < 1.29 is 14.3 Å². The van der Waals surface area contributed by atoms with E-state index in [1.54, 1.807) is 31.2 Å². The normalized spacial score (nSPS) is 11.8. The molecule has 1 aromatic heterocycles. The SMILES string of the molecule is Cc1cc(C=C(F)C(=O)O)c2ccccc2n1. The molecule has 0 spiro atoms. The van der Waals surface area contributed by atoms with E-state index in [-0.39, 0.29) is 0 Å². The molecule has 0 amide bonds. The van der Waals surface area contributed by atoms with Crippen molar-refractivity contribution in [3.05, 3.63) is 47.4 Å². The van der Waals surface area contributed by atoms with E-state index in [4.69, 9.17) is 5.11 Å². The van der Waals surface area contributed by atoms with E-state index in [1.165, 1.54) is 0 Å². The molecule has 0 saturated heterocycles. The number of para-hydroxylation sites is 1. The third kappa shape index (κ3) is 2.30. The lowest BCUT2D eigenvalue weighted by atomic mass is 10.1. The Morgan fingerprint density at radius 2 is 2.12 bits per heavy atom. The quantitative estimate of drug-likeness (QED) is 0.808. The van der Waals surface area contributed by atoms with Gasteiger partial charge in [0.05, 0.1) is 5.52 Å². The monoisotopic (exact) mass is 231 g/mol. The van der Waals surface area contributed by atoms with E-state index < -0.39 is 11.8 Å². The third-order valence-electron chi connectivity index (χ3n) is 2.36. The molecule has 0 radical (unpaired) electrons. The molecule has 0 aliphatic carbocycles. The first kappa shape index (κ1) is 11.3. The average molecular weight is 231 g/mol. The van der Waals surface area contributed by atoms with Crippen LogP contribution in [0, 0.1) is 6.92 Å². The highest BCUT2D eigenvalue weighted by atomic mass is 19.1. The third-order valence-corrected chi connectivity index (χ3v) is 2.36. The number of rotatable bonds is 2. The molecule has 2 aromatic rings. The van der Waals surface area contributed by atoms with Crippen molar-refractivity contribution >= 4 is 22.9 Å². The molecule has 1 N–H and O–H groups in total. The summed E-state index contributed by atoms with van der Waals surface area (Å²) in [5.41, 5.74) is 1.96. The van der Waals surface area contributed by atoms with Gasteiger partial charge >= 0.3 is 5.97 Å². The number of pyridine rings is 1. The summed E-state index contributed by atoms with van der Waals surface area (Å²) < 4.78 is 13.1. The Bertz CT molecular complexity index is 620. The van der Waals surface area contributed by atoms with Crippen LogP contribution >= 0.6 is 0 Å². The van der Waals surface area contributed by atoms with Crippen molar-refractivity contribution in [3.8, 4) is 0 Å². The van der Waals surface area contributed by atoms with Crippen LogP contribution in [0.2, 0.25) is 0 Å². The zero-order valence-corrected chi connectivity index (χ0v) is 9.14. The first-order chi connectivity index (χ1) is 8.08. The fourth-order valence-electron chi connectivity index (χ4n) is 1.66. The summed E-state index contributed by atoms with van der Waals surface area (Å²) in [6.45, 7) is 1.78. The van der Waals surface area contributed by atoms with Crippen LogP contribution in [-0.4, -0.2) is 16.1 Å². The van der Waals surface area contributed by atoms with Crippen LogP contribution in [0.15, 0.2) is 36.2 Å². The number of fused-ring (bicyclic) bond motifs is 1. The first-order valence-corrected chi connectivity index (χ1v) is 5.05. The summed E-state index contributed by atoms with van der Waals surface area (Å²) in [5.74, 6) is -2.75. The second-order valence-electron chi connectivity index (χ2n) is 3.67. The van der Waals surface area contributed by atoms with Crippen molar-refractivity contribution in [2.24, 2.45) is 0 Å². The Kier molecular flexibility index (Phi) is 2.87. The maximum Gasteiger partial charge on any atom is 0.364 e. The van der Waals surface area contributed by atoms with E-state index in [1.807, 2.05) is 6.07 Å². The summed E-state index contributed by atoms with van der Waals surface area (Å²) in [6, 6.07) is 8.87. The molecule has 3 nitrogen and oxygen atoms in total. The minimum Gasteiger partial charge on any atom is -0.476 e.